The summed E-state index contributed by atoms with van der Waals surface area (Å²) >= 11 is 0. The zero-order valence-electron chi connectivity index (χ0n) is 12.2. The van der Waals surface area contributed by atoms with E-state index in [9.17, 15) is 9.90 Å². The van der Waals surface area contributed by atoms with E-state index in [-0.39, 0.29) is 18.2 Å². The summed E-state index contributed by atoms with van der Waals surface area (Å²) in [7, 11) is -0.0736. The number of methoxy groups -OCH3 is 1. The lowest BCUT2D eigenvalue weighted by Gasteiger charge is -2.40. The maximum absolute atomic E-state index is 11.7. The van der Waals surface area contributed by atoms with Crippen LogP contribution >= 0.6 is 0 Å². The molecule has 4 nitrogen and oxygen atoms in total. The van der Waals surface area contributed by atoms with E-state index in [1.165, 1.54) is 7.11 Å². The van der Waals surface area contributed by atoms with Crippen LogP contribution in [0.3, 0.4) is 0 Å². The van der Waals surface area contributed by atoms with Gasteiger partial charge in [-0.3, -0.25) is 0 Å². The standard InChI is InChI=1S/C14H23NO3Si/c1-18-13(16)15-11-5-6-12(15)10-14(17,9-11)7-8-19(2,3)4/h11-12,17H,5-6,9-10H2,1-4H3/t11-,12-/m1/s1. The second-order valence-corrected chi connectivity index (χ2v) is 11.5. The van der Waals surface area contributed by atoms with E-state index in [0.29, 0.717) is 12.8 Å². The smallest absolute Gasteiger partial charge is 0.409 e. The number of hydrogen-bond acceptors (Lipinski definition) is 3. The molecular weight excluding hydrogens is 258 g/mol. The number of rotatable bonds is 0. The minimum atomic E-state index is -1.48. The largest absolute Gasteiger partial charge is 0.453 e. The van der Waals surface area contributed by atoms with Crippen LogP contribution in [0.5, 0.6) is 0 Å². The van der Waals surface area contributed by atoms with Gasteiger partial charge < -0.3 is 14.7 Å². The summed E-state index contributed by atoms with van der Waals surface area (Å²) in [6.07, 6.45) is 2.72. The highest BCUT2D eigenvalue weighted by Crippen LogP contribution is 2.40. The van der Waals surface area contributed by atoms with Crippen molar-refractivity contribution in [1.82, 2.24) is 4.90 Å². The second kappa shape index (κ2) is 4.84. The Balaban J connectivity index is 2.15. The Morgan fingerprint density at radius 1 is 1.32 bits per heavy atom. The summed E-state index contributed by atoms with van der Waals surface area (Å²) in [5.74, 6) is 3.10. The van der Waals surface area contributed by atoms with E-state index < -0.39 is 13.7 Å². The van der Waals surface area contributed by atoms with Gasteiger partial charge in [-0.25, -0.2) is 4.79 Å². The van der Waals surface area contributed by atoms with Crippen LogP contribution in [-0.2, 0) is 4.74 Å². The second-order valence-electron chi connectivity index (χ2n) is 6.70. The number of piperidine rings is 1. The average Bonchev–Trinajstić information content (AvgIpc) is 2.59. The fourth-order valence-electron chi connectivity index (χ4n) is 3.03. The lowest BCUT2D eigenvalue weighted by atomic mass is 9.87. The molecule has 0 aliphatic carbocycles. The van der Waals surface area contributed by atoms with Crippen LogP contribution in [0.2, 0.25) is 19.6 Å². The van der Waals surface area contributed by atoms with Gasteiger partial charge in [0.2, 0.25) is 0 Å². The van der Waals surface area contributed by atoms with Crippen molar-refractivity contribution < 1.29 is 14.6 Å². The first-order valence-corrected chi connectivity index (χ1v) is 10.4. The third-order valence-electron chi connectivity index (χ3n) is 3.82. The Bertz CT molecular complexity index is 418. The molecule has 2 aliphatic heterocycles. The van der Waals surface area contributed by atoms with Crippen LogP contribution in [0.1, 0.15) is 25.7 Å². The van der Waals surface area contributed by atoms with Crippen molar-refractivity contribution in [2.75, 3.05) is 7.11 Å². The minimum absolute atomic E-state index is 0.0761. The first-order chi connectivity index (χ1) is 8.74. The van der Waals surface area contributed by atoms with Gasteiger partial charge in [-0.15, -0.1) is 5.54 Å². The monoisotopic (exact) mass is 281 g/mol. The lowest BCUT2D eigenvalue weighted by molar-refractivity contribution is -0.00727. The molecule has 2 fully saturated rings. The molecule has 2 atom stereocenters. The Hall–Kier alpha value is -0.993. The molecule has 2 saturated heterocycles. The fourth-order valence-corrected chi connectivity index (χ4v) is 3.64. The molecule has 0 aromatic heterocycles. The molecule has 0 radical (unpaired) electrons. The number of carbonyl (C=O) groups is 1. The molecule has 2 heterocycles. The molecule has 1 amide bonds. The van der Waals surface area contributed by atoms with Gasteiger partial charge in [0, 0.05) is 24.9 Å². The highest BCUT2D eigenvalue weighted by atomic mass is 28.3. The third-order valence-corrected chi connectivity index (χ3v) is 4.70. The molecular formula is C14H23NO3Si. The zero-order valence-corrected chi connectivity index (χ0v) is 13.2. The van der Waals surface area contributed by atoms with Crippen LogP contribution in [0.15, 0.2) is 0 Å². The fraction of sp³-hybridized carbons (Fsp3) is 0.786. The van der Waals surface area contributed by atoms with Crippen molar-refractivity contribution in [3.63, 3.8) is 0 Å². The average molecular weight is 281 g/mol. The summed E-state index contributed by atoms with van der Waals surface area (Å²) in [6, 6.07) is 0.152. The maximum atomic E-state index is 11.7. The zero-order chi connectivity index (χ0) is 14.3. The first-order valence-electron chi connectivity index (χ1n) is 6.87. The molecule has 19 heavy (non-hydrogen) atoms. The van der Waals surface area contributed by atoms with E-state index in [4.69, 9.17) is 4.74 Å². The SMILES string of the molecule is COC(=O)N1[C@@H]2CC[C@@H]1CC(O)(C#C[Si](C)(C)C)C2. The number of hydrogen-bond donors (Lipinski definition) is 1. The van der Waals surface area contributed by atoms with Gasteiger partial charge >= 0.3 is 6.09 Å². The summed E-state index contributed by atoms with van der Waals surface area (Å²) in [5.41, 5.74) is 2.34. The summed E-state index contributed by atoms with van der Waals surface area (Å²) in [6.45, 7) is 6.50. The Morgan fingerprint density at radius 2 is 1.84 bits per heavy atom. The van der Waals surface area contributed by atoms with E-state index >= 15 is 0 Å². The van der Waals surface area contributed by atoms with Crippen LogP contribution in [0.4, 0.5) is 4.79 Å². The highest BCUT2D eigenvalue weighted by Gasteiger charge is 2.49. The van der Waals surface area contributed by atoms with E-state index in [2.05, 4.69) is 31.1 Å². The van der Waals surface area contributed by atoms with Gasteiger partial charge in [-0.05, 0) is 12.8 Å². The van der Waals surface area contributed by atoms with Gasteiger partial charge in [0.15, 0.2) is 0 Å². The summed E-state index contributed by atoms with van der Waals surface area (Å²) in [5, 5.41) is 10.7. The molecule has 5 heteroatoms. The summed E-state index contributed by atoms with van der Waals surface area (Å²) in [4.78, 5) is 13.5. The van der Waals surface area contributed by atoms with Crippen LogP contribution in [-0.4, -0.2) is 49.0 Å². The molecule has 0 aromatic carbocycles. The number of ether oxygens (including phenoxy) is 1. The van der Waals surface area contributed by atoms with Crippen molar-refractivity contribution in [2.24, 2.45) is 0 Å². The van der Waals surface area contributed by atoms with Gasteiger partial charge in [0.05, 0.1) is 7.11 Å². The molecule has 2 bridgehead atoms. The molecule has 0 aromatic rings. The third kappa shape index (κ3) is 3.13. The minimum Gasteiger partial charge on any atom is -0.453 e. The van der Waals surface area contributed by atoms with Crippen LogP contribution in [0.25, 0.3) is 0 Å². The predicted molar refractivity (Wildman–Crippen MR) is 76.4 cm³/mol. The highest BCUT2D eigenvalue weighted by molar-refractivity contribution is 6.83. The van der Waals surface area contributed by atoms with Gasteiger partial charge in [-0.1, -0.05) is 25.6 Å². The Morgan fingerprint density at radius 3 is 2.26 bits per heavy atom. The maximum Gasteiger partial charge on any atom is 0.409 e. The van der Waals surface area contributed by atoms with Crippen molar-refractivity contribution in [2.45, 2.75) is 63.0 Å². The topological polar surface area (TPSA) is 49.8 Å². The molecule has 0 unspecified atom stereocenters. The summed E-state index contributed by atoms with van der Waals surface area (Å²) < 4.78 is 4.83. The predicted octanol–water partition coefficient (Wildman–Crippen LogP) is 1.99. The van der Waals surface area contributed by atoms with Gasteiger partial charge in [0.1, 0.15) is 13.7 Å². The van der Waals surface area contributed by atoms with E-state index in [1.54, 1.807) is 4.90 Å². The quantitative estimate of drug-likeness (QED) is 0.546. The molecule has 2 rings (SSSR count). The molecule has 2 aliphatic rings. The number of aliphatic hydroxyl groups is 1. The van der Waals surface area contributed by atoms with Crippen molar-refractivity contribution >= 4 is 14.2 Å². The molecule has 1 N–H and O–H groups in total. The Kier molecular flexibility index (Phi) is 3.67. The van der Waals surface area contributed by atoms with Crippen molar-refractivity contribution in [1.29, 1.82) is 0 Å². The van der Waals surface area contributed by atoms with Crippen LogP contribution in [0, 0.1) is 11.5 Å². The number of nitrogens with zero attached hydrogens (tertiary/aromatic N) is 1. The molecule has 106 valence electrons. The molecule has 0 saturated carbocycles. The van der Waals surface area contributed by atoms with Crippen molar-refractivity contribution in [3.8, 4) is 11.5 Å². The van der Waals surface area contributed by atoms with Gasteiger partial charge in [-0.2, -0.15) is 0 Å². The van der Waals surface area contributed by atoms with Gasteiger partial charge in [0.25, 0.3) is 0 Å². The normalized spacial score (nSPS) is 33.6. The first kappa shape index (κ1) is 14.4. The van der Waals surface area contributed by atoms with Crippen LogP contribution < -0.4 is 0 Å². The van der Waals surface area contributed by atoms with E-state index in [0.717, 1.165) is 12.8 Å². The number of carbonyl (C=O) groups excluding carboxylic acids is 1. The van der Waals surface area contributed by atoms with E-state index in [1.807, 2.05) is 0 Å². The molecule has 0 spiro atoms. The number of amides is 1. The van der Waals surface area contributed by atoms with Crippen molar-refractivity contribution in [3.05, 3.63) is 0 Å². The number of fused-ring (bicyclic) bond motifs is 2. The lowest BCUT2D eigenvalue weighted by Crippen LogP contribution is -2.52. The Labute approximate surface area is 116 Å².